The van der Waals surface area contributed by atoms with Gasteiger partial charge in [0.25, 0.3) is 5.91 Å². The maximum absolute atomic E-state index is 11.1. The van der Waals surface area contributed by atoms with E-state index in [1.807, 2.05) is 0 Å². The first-order chi connectivity index (χ1) is 6.15. The highest BCUT2D eigenvalue weighted by Crippen LogP contribution is 2.14. The van der Waals surface area contributed by atoms with Crippen LogP contribution in [-0.4, -0.2) is 39.6 Å². The van der Waals surface area contributed by atoms with Crippen LogP contribution in [0.1, 0.15) is 12.8 Å². The highest BCUT2D eigenvalue weighted by molar-refractivity contribution is 7.85. The number of hydrogen-bond acceptors (Lipinski definition) is 2. The van der Waals surface area contributed by atoms with Gasteiger partial charge in [-0.1, -0.05) is 0 Å². The second kappa shape index (κ2) is 4.43. The normalized spacial score (nSPS) is 27.7. The Morgan fingerprint density at radius 3 is 2.54 bits per heavy atom. The molecule has 0 aromatic rings. The minimum Gasteiger partial charge on any atom is -0.332 e. The fourth-order valence-electron chi connectivity index (χ4n) is 1.44. The van der Waals surface area contributed by atoms with E-state index in [0.717, 1.165) is 12.8 Å². The molecular formula is C9H13NO2S. The minimum atomic E-state index is -0.682. The quantitative estimate of drug-likeness (QED) is 0.557. The average Bonchev–Trinajstić information content (AvgIpc) is 2.17. The van der Waals surface area contributed by atoms with Crippen LogP contribution in [-0.2, 0) is 15.6 Å². The summed E-state index contributed by atoms with van der Waals surface area (Å²) in [5, 5.41) is 0. The van der Waals surface area contributed by atoms with Crippen molar-refractivity contribution in [2.75, 3.05) is 18.6 Å². The van der Waals surface area contributed by atoms with Crippen molar-refractivity contribution in [3.63, 3.8) is 0 Å². The molecule has 3 nitrogen and oxygen atoms in total. The lowest BCUT2D eigenvalue weighted by Gasteiger charge is -2.29. The van der Waals surface area contributed by atoms with Gasteiger partial charge < -0.3 is 4.90 Å². The van der Waals surface area contributed by atoms with Gasteiger partial charge in [-0.3, -0.25) is 9.00 Å². The zero-order valence-electron chi connectivity index (χ0n) is 7.66. The highest BCUT2D eigenvalue weighted by atomic mass is 32.2. The van der Waals surface area contributed by atoms with Crippen LogP contribution in [0.4, 0.5) is 0 Å². The molecular weight excluding hydrogens is 186 g/mol. The largest absolute Gasteiger partial charge is 0.332 e. The van der Waals surface area contributed by atoms with Crippen LogP contribution in [0.5, 0.6) is 0 Å². The van der Waals surface area contributed by atoms with Crippen LogP contribution < -0.4 is 0 Å². The molecule has 1 fully saturated rings. The third-order valence-corrected chi connectivity index (χ3v) is 3.73. The molecule has 72 valence electrons. The monoisotopic (exact) mass is 199 g/mol. The summed E-state index contributed by atoms with van der Waals surface area (Å²) in [5.41, 5.74) is 0. The lowest BCUT2D eigenvalue weighted by Crippen LogP contribution is -2.40. The van der Waals surface area contributed by atoms with Crippen molar-refractivity contribution in [1.82, 2.24) is 4.90 Å². The third-order valence-electron chi connectivity index (χ3n) is 2.35. The standard InChI is InChI=1S/C9H13NO2S/c1-3-9(11)10(2)8-4-6-13(12)7-5-8/h1,8H,4-7H2,2H3. The summed E-state index contributed by atoms with van der Waals surface area (Å²) < 4.78 is 11.0. The first kappa shape index (κ1) is 10.3. The van der Waals surface area contributed by atoms with E-state index in [-0.39, 0.29) is 11.9 Å². The Kier molecular flexibility index (Phi) is 3.49. The summed E-state index contributed by atoms with van der Waals surface area (Å²) in [6, 6.07) is 0.182. The molecule has 0 spiro atoms. The van der Waals surface area contributed by atoms with E-state index in [2.05, 4.69) is 5.92 Å². The maximum atomic E-state index is 11.1. The Hall–Kier alpha value is -0.820. The van der Waals surface area contributed by atoms with E-state index >= 15 is 0 Å². The fourth-order valence-corrected chi connectivity index (χ4v) is 2.71. The molecule has 0 radical (unpaired) electrons. The van der Waals surface area contributed by atoms with Crippen LogP contribution >= 0.6 is 0 Å². The molecule has 0 saturated carbocycles. The van der Waals surface area contributed by atoms with Crippen molar-refractivity contribution >= 4 is 16.7 Å². The topological polar surface area (TPSA) is 37.4 Å². The number of terminal acetylenes is 1. The summed E-state index contributed by atoms with van der Waals surface area (Å²) >= 11 is 0. The smallest absolute Gasteiger partial charge is 0.298 e. The summed E-state index contributed by atoms with van der Waals surface area (Å²) in [7, 11) is 1.03. The number of nitrogens with zero attached hydrogens (tertiary/aromatic N) is 1. The van der Waals surface area contributed by atoms with Crippen LogP contribution in [0.3, 0.4) is 0 Å². The zero-order chi connectivity index (χ0) is 9.84. The van der Waals surface area contributed by atoms with Crippen molar-refractivity contribution in [2.45, 2.75) is 18.9 Å². The van der Waals surface area contributed by atoms with E-state index in [4.69, 9.17) is 6.42 Å². The average molecular weight is 199 g/mol. The van der Waals surface area contributed by atoms with E-state index in [0.29, 0.717) is 11.5 Å². The van der Waals surface area contributed by atoms with Gasteiger partial charge in [0.1, 0.15) is 0 Å². The van der Waals surface area contributed by atoms with E-state index in [1.165, 1.54) is 0 Å². The van der Waals surface area contributed by atoms with Crippen molar-refractivity contribution < 1.29 is 9.00 Å². The molecule has 4 heteroatoms. The predicted molar refractivity (Wildman–Crippen MR) is 52.5 cm³/mol. The second-order valence-corrected chi connectivity index (χ2v) is 4.84. The highest BCUT2D eigenvalue weighted by Gasteiger charge is 2.23. The van der Waals surface area contributed by atoms with Gasteiger partial charge in [-0.25, -0.2) is 0 Å². The summed E-state index contributed by atoms with van der Waals surface area (Å²) in [4.78, 5) is 12.7. The maximum Gasteiger partial charge on any atom is 0.298 e. The van der Waals surface area contributed by atoms with Crippen LogP contribution in [0, 0.1) is 12.3 Å². The Morgan fingerprint density at radius 1 is 1.54 bits per heavy atom. The molecule has 1 heterocycles. The van der Waals surface area contributed by atoms with Crippen molar-refractivity contribution in [3.8, 4) is 12.3 Å². The molecule has 1 aliphatic rings. The number of hydrogen-bond donors (Lipinski definition) is 0. The predicted octanol–water partition coefficient (Wildman–Crippen LogP) is -0.0109. The van der Waals surface area contributed by atoms with Crippen molar-refractivity contribution in [2.24, 2.45) is 0 Å². The van der Waals surface area contributed by atoms with Gasteiger partial charge in [0.15, 0.2) is 0 Å². The van der Waals surface area contributed by atoms with Crippen molar-refractivity contribution in [3.05, 3.63) is 0 Å². The fraction of sp³-hybridized carbons (Fsp3) is 0.667. The van der Waals surface area contributed by atoms with E-state index in [1.54, 1.807) is 11.9 Å². The molecule has 13 heavy (non-hydrogen) atoms. The number of rotatable bonds is 1. The molecule has 1 saturated heterocycles. The minimum absolute atomic E-state index is 0.182. The second-order valence-electron chi connectivity index (χ2n) is 3.14. The Morgan fingerprint density at radius 2 is 2.08 bits per heavy atom. The zero-order valence-corrected chi connectivity index (χ0v) is 8.47. The van der Waals surface area contributed by atoms with Gasteiger partial charge in [0.2, 0.25) is 0 Å². The number of carbonyl (C=O) groups is 1. The molecule has 0 atom stereocenters. The lowest BCUT2D eigenvalue weighted by atomic mass is 10.1. The van der Waals surface area contributed by atoms with Crippen LogP contribution in [0.25, 0.3) is 0 Å². The third kappa shape index (κ3) is 2.56. The number of carbonyl (C=O) groups excluding carboxylic acids is 1. The Labute approximate surface area is 80.9 Å². The van der Waals surface area contributed by atoms with Gasteiger partial charge in [-0.05, 0) is 18.8 Å². The Balaban J connectivity index is 2.50. The van der Waals surface area contributed by atoms with Crippen LogP contribution in [0.15, 0.2) is 0 Å². The van der Waals surface area contributed by atoms with Gasteiger partial charge in [-0.15, -0.1) is 6.42 Å². The van der Waals surface area contributed by atoms with Gasteiger partial charge in [0.05, 0.1) is 0 Å². The SMILES string of the molecule is C#CC(=O)N(C)C1CCS(=O)CC1. The molecule has 0 aromatic carbocycles. The molecule has 0 unspecified atom stereocenters. The summed E-state index contributed by atoms with van der Waals surface area (Å²) in [6.45, 7) is 0. The van der Waals surface area contributed by atoms with Crippen molar-refractivity contribution in [1.29, 1.82) is 0 Å². The Bertz CT molecular complexity index is 259. The van der Waals surface area contributed by atoms with E-state index < -0.39 is 10.8 Å². The van der Waals surface area contributed by atoms with Gasteiger partial charge in [0, 0.05) is 35.4 Å². The lowest BCUT2D eigenvalue weighted by molar-refractivity contribution is -0.125. The molecule has 1 amide bonds. The van der Waals surface area contributed by atoms with Gasteiger partial charge >= 0.3 is 0 Å². The molecule has 1 aliphatic heterocycles. The van der Waals surface area contributed by atoms with E-state index in [9.17, 15) is 9.00 Å². The summed E-state index contributed by atoms with van der Waals surface area (Å²) in [5.74, 6) is 3.18. The molecule has 0 N–H and O–H groups in total. The molecule has 0 aliphatic carbocycles. The first-order valence-electron chi connectivity index (χ1n) is 4.23. The summed E-state index contributed by atoms with van der Waals surface area (Å²) in [6.07, 6.45) is 6.61. The van der Waals surface area contributed by atoms with Crippen LogP contribution in [0.2, 0.25) is 0 Å². The molecule has 0 aromatic heterocycles. The molecule has 0 bridgehead atoms. The van der Waals surface area contributed by atoms with Gasteiger partial charge in [-0.2, -0.15) is 0 Å². The number of amides is 1. The molecule has 1 rings (SSSR count). The first-order valence-corrected chi connectivity index (χ1v) is 5.72.